The molecule has 0 saturated heterocycles. The van der Waals surface area contributed by atoms with E-state index in [-0.39, 0.29) is 16.2 Å². The van der Waals surface area contributed by atoms with Gasteiger partial charge in [0.2, 0.25) is 0 Å². The van der Waals surface area contributed by atoms with Crippen molar-refractivity contribution in [3.63, 3.8) is 0 Å². The first-order valence-corrected chi connectivity index (χ1v) is 24.1. The van der Waals surface area contributed by atoms with E-state index in [4.69, 9.17) is 4.21 Å². The Morgan fingerprint density at radius 1 is 0.786 bits per heavy atom. The van der Waals surface area contributed by atoms with Gasteiger partial charge in [-0.1, -0.05) is 0 Å². The Bertz CT molecular complexity index is 1650. The van der Waals surface area contributed by atoms with Crippen LogP contribution in [0.5, 0.6) is 0 Å². The Hall–Kier alpha value is -2.11. The third kappa shape index (κ3) is 5.07. The van der Waals surface area contributed by atoms with Crippen molar-refractivity contribution in [1.82, 2.24) is 0 Å². The van der Waals surface area contributed by atoms with Crippen LogP contribution in [0.15, 0.2) is 81.7 Å². The summed E-state index contributed by atoms with van der Waals surface area (Å²) in [5, 5.41) is 0. The van der Waals surface area contributed by atoms with Gasteiger partial charge in [0, 0.05) is 0 Å². The molecule has 0 N–H and O–H groups in total. The van der Waals surface area contributed by atoms with Crippen molar-refractivity contribution in [3.05, 3.63) is 104 Å². The quantitative estimate of drug-likeness (QED) is 0.204. The molecule has 222 valence electrons. The van der Waals surface area contributed by atoms with Crippen LogP contribution in [0.25, 0.3) is 11.1 Å². The zero-order chi connectivity index (χ0) is 30.9. The van der Waals surface area contributed by atoms with Crippen molar-refractivity contribution < 1.29 is 18.3 Å². The van der Waals surface area contributed by atoms with E-state index in [0.29, 0.717) is 5.92 Å². The SMILES string of the molecule is [CH2]=[Zr]([CH3])([C]1=CC(C(C)(C)C)=CC1CCC)([c]1ccccc1)[c]1c(C(C)(C)C)ccc2c1Cc1cc(C(C)(C)C)ccc1-2. The summed E-state index contributed by atoms with van der Waals surface area (Å²) in [6, 6.07) is 23.7. The predicted molar refractivity (Wildman–Crippen MR) is 185 cm³/mol. The maximum atomic E-state index is 5.65. The van der Waals surface area contributed by atoms with E-state index in [1.54, 1.807) is 12.1 Å². The van der Waals surface area contributed by atoms with E-state index in [1.807, 2.05) is 0 Å². The third-order valence-electron chi connectivity index (χ3n) is 10.3. The molecule has 42 heavy (non-hydrogen) atoms. The molecule has 0 aliphatic heterocycles. The summed E-state index contributed by atoms with van der Waals surface area (Å²) in [7, 11) is 0. The molecule has 0 heterocycles. The Labute approximate surface area is 258 Å². The molecule has 0 amide bonds. The standard InChI is InChI=1S/C21H25.C12H19.C6H5.CH3.CH2.Zr/c1-20(2,3)16-7-9-18-14(12-16)11-15-13-17(21(4,5)6)8-10-19(15)18;1-5-6-10-7-8-11(9-10)12(2,3)4;1-2-4-6-5-3-1;;;/h7-10,12H,11H2,1-6H3;8-10H,5-6H2,1-4H3;1-5H;1H3;1H2;. The zero-order valence-corrected chi connectivity index (χ0v) is 30.8. The Kier molecular flexibility index (Phi) is 7.63. The number of benzene rings is 3. The van der Waals surface area contributed by atoms with Gasteiger partial charge in [0.15, 0.2) is 0 Å². The van der Waals surface area contributed by atoms with Crippen LogP contribution in [-0.4, -0.2) is 4.21 Å². The van der Waals surface area contributed by atoms with Gasteiger partial charge in [-0.2, -0.15) is 0 Å². The van der Waals surface area contributed by atoms with Crippen LogP contribution >= 0.6 is 0 Å². The second-order valence-corrected chi connectivity index (χ2v) is 30.7. The van der Waals surface area contributed by atoms with Gasteiger partial charge in [-0.05, 0) is 0 Å². The maximum absolute atomic E-state index is 5.65. The van der Waals surface area contributed by atoms with Gasteiger partial charge in [-0.15, -0.1) is 0 Å². The Morgan fingerprint density at radius 2 is 1.43 bits per heavy atom. The first kappa shape index (κ1) is 31.3. The van der Waals surface area contributed by atoms with E-state index in [2.05, 4.69) is 147 Å². The summed E-state index contributed by atoms with van der Waals surface area (Å²) < 4.78 is 13.1. The minimum absolute atomic E-state index is 0.00692. The monoisotopic (exact) mass is 636 g/mol. The van der Waals surface area contributed by atoms with Gasteiger partial charge in [0.1, 0.15) is 0 Å². The Morgan fingerprint density at radius 3 is 2.00 bits per heavy atom. The Balaban J connectivity index is 1.90. The average molecular weight is 638 g/mol. The van der Waals surface area contributed by atoms with E-state index in [9.17, 15) is 0 Å². The van der Waals surface area contributed by atoms with E-state index in [1.165, 1.54) is 49.5 Å². The summed E-state index contributed by atoms with van der Waals surface area (Å²) in [4.78, 5) is 0. The van der Waals surface area contributed by atoms with Crippen molar-refractivity contribution >= 4 is 10.8 Å². The number of hydrogen-bond acceptors (Lipinski definition) is 0. The summed E-state index contributed by atoms with van der Waals surface area (Å²) in [5.41, 5.74) is 10.5. The topological polar surface area (TPSA) is 0 Å². The van der Waals surface area contributed by atoms with Gasteiger partial charge in [-0.25, -0.2) is 0 Å². The van der Waals surface area contributed by atoms with Crippen LogP contribution in [0.3, 0.4) is 0 Å². The van der Waals surface area contributed by atoms with Gasteiger partial charge in [0.25, 0.3) is 0 Å². The first-order valence-electron chi connectivity index (χ1n) is 16.2. The van der Waals surface area contributed by atoms with E-state index >= 15 is 0 Å². The fourth-order valence-corrected chi connectivity index (χ4v) is 22.6. The molecule has 0 bridgehead atoms. The molecule has 0 spiro atoms. The van der Waals surface area contributed by atoms with Crippen molar-refractivity contribution in [2.45, 2.75) is 104 Å². The molecule has 0 nitrogen and oxygen atoms in total. The van der Waals surface area contributed by atoms with Crippen molar-refractivity contribution in [1.29, 1.82) is 0 Å². The molecular weight excluding hydrogens is 584 g/mol. The molecule has 3 aromatic rings. The normalized spacial score (nSPS) is 17.6. The molecule has 3 aromatic carbocycles. The molecule has 5 rings (SSSR count). The van der Waals surface area contributed by atoms with E-state index in [0.717, 1.165) is 6.42 Å². The molecule has 1 unspecified atom stereocenters. The van der Waals surface area contributed by atoms with Crippen LogP contribution in [0.1, 0.15) is 104 Å². The molecule has 1 atom stereocenters. The summed E-state index contributed by atoms with van der Waals surface area (Å²) >= 11 is -4.46. The van der Waals surface area contributed by atoms with E-state index < -0.39 is 18.3 Å². The molecule has 0 fully saturated rings. The summed E-state index contributed by atoms with van der Waals surface area (Å²) in [6.07, 6.45) is 8.61. The van der Waals surface area contributed by atoms with Crippen molar-refractivity contribution in [2.75, 3.05) is 0 Å². The molecule has 2 aliphatic carbocycles. The third-order valence-corrected chi connectivity index (χ3v) is 24.8. The molecule has 0 saturated carbocycles. The van der Waals surface area contributed by atoms with Crippen LogP contribution in [0, 0.1) is 11.3 Å². The second kappa shape index (κ2) is 10.2. The van der Waals surface area contributed by atoms with Crippen LogP contribution in [0.4, 0.5) is 0 Å². The second-order valence-electron chi connectivity index (χ2n) is 16.8. The van der Waals surface area contributed by atoms with Gasteiger partial charge in [-0.3, -0.25) is 0 Å². The number of fused-ring (bicyclic) bond motifs is 3. The molecule has 0 radical (unpaired) electrons. The van der Waals surface area contributed by atoms with Crippen LogP contribution in [0.2, 0.25) is 4.63 Å². The average Bonchev–Trinajstić information content (AvgIpc) is 3.50. The molecule has 0 aromatic heterocycles. The van der Waals surface area contributed by atoms with Gasteiger partial charge >= 0.3 is 259 Å². The molecular formula is C41H54Zr. The first-order chi connectivity index (χ1) is 19.4. The minimum atomic E-state index is -4.46. The summed E-state index contributed by atoms with van der Waals surface area (Å²) in [5.74, 6) is 0.442. The zero-order valence-electron chi connectivity index (χ0n) is 28.3. The number of allylic oxidation sites excluding steroid dienone is 4. The van der Waals surface area contributed by atoms with Crippen LogP contribution in [-0.2, 0) is 35.5 Å². The van der Waals surface area contributed by atoms with Crippen molar-refractivity contribution in [3.8, 4) is 11.1 Å². The number of rotatable bonds is 5. The number of hydrogen-bond donors (Lipinski definition) is 0. The fraction of sp³-hybridized carbons (Fsp3) is 0.439. The predicted octanol–water partition coefficient (Wildman–Crippen LogP) is 10.3. The van der Waals surface area contributed by atoms with Gasteiger partial charge < -0.3 is 0 Å². The fourth-order valence-electron chi connectivity index (χ4n) is 7.83. The molecule has 2 aliphatic rings. The summed E-state index contributed by atoms with van der Waals surface area (Å²) in [6.45, 7) is 23.7. The van der Waals surface area contributed by atoms with Crippen LogP contribution < -0.4 is 6.54 Å². The van der Waals surface area contributed by atoms with Crippen molar-refractivity contribution in [2.24, 2.45) is 11.3 Å². The molecule has 1 heteroatoms. The van der Waals surface area contributed by atoms with Gasteiger partial charge in [0.05, 0.1) is 0 Å².